The topological polar surface area (TPSA) is 44.5 Å². The highest BCUT2D eigenvalue weighted by molar-refractivity contribution is 5.30. The Kier molecular flexibility index (Phi) is 5.17. The van der Waals surface area contributed by atoms with Gasteiger partial charge in [0.2, 0.25) is 0 Å². The lowest BCUT2D eigenvalue weighted by Gasteiger charge is -2.26. The van der Waals surface area contributed by atoms with E-state index in [0.29, 0.717) is 0 Å². The molecule has 0 spiro atoms. The predicted octanol–water partition coefficient (Wildman–Crippen LogP) is 3.29. The fraction of sp³-hybridized carbons (Fsp3) is 0.600. The van der Waals surface area contributed by atoms with Crippen molar-refractivity contribution in [2.75, 3.05) is 7.11 Å². The molecule has 0 heterocycles. The summed E-state index contributed by atoms with van der Waals surface area (Å²) in [6, 6.07) is 7.93. The zero-order valence-electron chi connectivity index (χ0n) is 12.1. The van der Waals surface area contributed by atoms with Crippen LogP contribution in [0.5, 0.6) is 5.75 Å². The Labute approximate surface area is 110 Å². The van der Waals surface area contributed by atoms with Gasteiger partial charge in [0.25, 0.3) is 0 Å². The van der Waals surface area contributed by atoms with Gasteiger partial charge in [0.05, 0.1) is 11.7 Å². The molecule has 18 heavy (non-hydrogen) atoms. The fourth-order valence-electron chi connectivity index (χ4n) is 1.82. The van der Waals surface area contributed by atoms with Crippen molar-refractivity contribution >= 4 is 0 Å². The highest BCUT2D eigenvalue weighted by atomic mass is 16.5. The van der Waals surface area contributed by atoms with Crippen molar-refractivity contribution < 1.29 is 9.47 Å². The molecule has 0 radical (unpaired) electrons. The maximum Gasteiger partial charge on any atom is 0.120 e. The summed E-state index contributed by atoms with van der Waals surface area (Å²) >= 11 is 0. The summed E-state index contributed by atoms with van der Waals surface area (Å²) in [5, 5.41) is 0. The molecule has 3 nitrogen and oxygen atoms in total. The molecule has 0 amide bonds. The number of rotatable bonds is 6. The number of ether oxygens (including phenoxy) is 2. The van der Waals surface area contributed by atoms with Crippen LogP contribution in [0.3, 0.4) is 0 Å². The van der Waals surface area contributed by atoms with Gasteiger partial charge < -0.3 is 15.2 Å². The Morgan fingerprint density at radius 1 is 1.28 bits per heavy atom. The normalized spacial score (nSPS) is 13.7. The van der Waals surface area contributed by atoms with E-state index in [-0.39, 0.29) is 17.7 Å². The number of benzene rings is 1. The van der Waals surface area contributed by atoms with Gasteiger partial charge in [0.15, 0.2) is 0 Å². The van der Waals surface area contributed by atoms with Crippen molar-refractivity contribution in [2.45, 2.75) is 51.9 Å². The van der Waals surface area contributed by atoms with Crippen LogP contribution in [0.15, 0.2) is 24.3 Å². The van der Waals surface area contributed by atoms with Crippen LogP contribution in [0.4, 0.5) is 0 Å². The summed E-state index contributed by atoms with van der Waals surface area (Å²) in [5.74, 6) is 0.869. The molecule has 2 N–H and O–H groups in total. The average molecular weight is 251 g/mol. The molecule has 1 rings (SSSR count). The van der Waals surface area contributed by atoms with Crippen molar-refractivity contribution in [3.63, 3.8) is 0 Å². The molecule has 3 heteroatoms. The summed E-state index contributed by atoms with van der Waals surface area (Å²) in [6.07, 6.45) is 0.945. The molecule has 0 aromatic heterocycles. The van der Waals surface area contributed by atoms with Crippen LogP contribution in [0.2, 0.25) is 0 Å². The number of hydrogen-bond acceptors (Lipinski definition) is 3. The van der Waals surface area contributed by atoms with Gasteiger partial charge in [-0.3, -0.25) is 0 Å². The van der Waals surface area contributed by atoms with E-state index in [1.165, 1.54) is 0 Å². The van der Waals surface area contributed by atoms with Crippen molar-refractivity contribution in [3.05, 3.63) is 29.8 Å². The van der Waals surface area contributed by atoms with Gasteiger partial charge in [-0.2, -0.15) is 0 Å². The maximum absolute atomic E-state index is 6.22. The fourth-order valence-corrected chi connectivity index (χ4v) is 1.82. The molecule has 1 aromatic rings. The van der Waals surface area contributed by atoms with Crippen molar-refractivity contribution in [2.24, 2.45) is 5.73 Å². The Bertz CT molecular complexity index is 375. The van der Waals surface area contributed by atoms with E-state index in [4.69, 9.17) is 15.2 Å². The second-order valence-electron chi connectivity index (χ2n) is 5.51. The van der Waals surface area contributed by atoms with Gasteiger partial charge in [-0.25, -0.2) is 0 Å². The minimum atomic E-state index is -0.214. The van der Waals surface area contributed by atoms with E-state index in [1.807, 2.05) is 52.0 Å². The van der Waals surface area contributed by atoms with Crippen molar-refractivity contribution in [3.8, 4) is 5.75 Å². The van der Waals surface area contributed by atoms with E-state index >= 15 is 0 Å². The third-order valence-electron chi connectivity index (χ3n) is 2.92. The molecule has 1 aromatic carbocycles. The molecule has 0 saturated heterocycles. The van der Waals surface area contributed by atoms with Gasteiger partial charge in [-0.05, 0) is 51.8 Å². The van der Waals surface area contributed by atoms with Crippen LogP contribution in [0.25, 0.3) is 0 Å². The monoisotopic (exact) mass is 251 g/mol. The highest BCUT2D eigenvalue weighted by Gasteiger charge is 2.21. The first-order valence-electron chi connectivity index (χ1n) is 6.41. The van der Waals surface area contributed by atoms with Gasteiger partial charge in [-0.1, -0.05) is 12.1 Å². The van der Waals surface area contributed by atoms with Crippen LogP contribution in [-0.2, 0) is 4.74 Å². The first-order chi connectivity index (χ1) is 8.34. The van der Waals surface area contributed by atoms with Crippen LogP contribution in [0.1, 0.15) is 45.7 Å². The SMILES string of the molecule is COC(C)(C)CC(N)c1cccc(OC(C)C)c1. The number of nitrogens with two attached hydrogens (primary N) is 1. The molecule has 0 bridgehead atoms. The molecule has 0 aliphatic heterocycles. The molecule has 1 atom stereocenters. The first kappa shape index (κ1) is 15.0. The highest BCUT2D eigenvalue weighted by Crippen LogP contribution is 2.26. The molecule has 0 aliphatic rings. The molecule has 1 unspecified atom stereocenters. The number of hydrogen-bond donors (Lipinski definition) is 1. The van der Waals surface area contributed by atoms with Gasteiger partial charge in [0.1, 0.15) is 5.75 Å². The Hall–Kier alpha value is -1.06. The summed E-state index contributed by atoms with van der Waals surface area (Å²) in [4.78, 5) is 0. The number of methoxy groups -OCH3 is 1. The minimum Gasteiger partial charge on any atom is -0.491 e. The van der Waals surface area contributed by atoms with Gasteiger partial charge >= 0.3 is 0 Å². The van der Waals surface area contributed by atoms with E-state index in [1.54, 1.807) is 7.11 Å². The van der Waals surface area contributed by atoms with E-state index in [0.717, 1.165) is 17.7 Å². The predicted molar refractivity (Wildman–Crippen MR) is 74.8 cm³/mol. The lowest BCUT2D eigenvalue weighted by molar-refractivity contribution is 0.00993. The third kappa shape index (κ3) is 4.67. The third-order valence-corrected chi connectivity index (χ3v) is 2.92. The standard InChI is InChI=1S/C15H25NO2/c1-11(2)18-13-8-6-7-12(9-13)14(16)10-15(3,4)17-5/h6-9,11,14H,10,16H2,1-5H3. The smallest absolute Gasteiger partial charge is 0.120 e. The average Bonchev–Trinajstić information content (AvgIpc) is 2.28. The van der Waals surface area contributed by atoms with Gasteiger partial charge in [-0.15, -0.1) is 0 Å². The van der Waals surface area contributed by atoms with Crippen LogP contribution >= 0.6 is 0 Å². The van der Waals surface area contributed by atoms with Crippen LogP contribution in [-0.4, -0.2) is 18.8 Å². The van der Waals surface area contributed by atoms with Crippen molar-refractivity contribution in [1.82, 2.24) is 0 Å². The van der Waals surface area contributed by atoms with Crippen molar-refractivity contribution in [1.29, 1.82) is 0 Å². The van der Waals surface area contributed by atoms with Crippen LogP contribution < -0.4 is 10.5 Å². The Morgan fingerprint density at radius 2 is 1.94 bits per heavy atom. The maximum atomic E-state index is 6.22. The first-order valence-corrected chi connectivity index (χ1v) is 6.41. The van der Waals surface area contributed by atoms with E-state index in [2.05, 4.69) is 0 Å². The largest absolute Gasteiger partial charge is 0.491 e. The lowest BCUT2D eigenvalue weighted by atomic mass is 9.94. The molecule has 0 fully saturated rings. The second-order valence-corrected chi connectivity index (χ2v) is 5.51. The zero-order valence-corrected chi connectivity index (χ0v) is 12.1. The Balaban J connectivity index is 2.76. The summed E-state index contributed by atoms with van der Waals surface area (Å²) in [5.41, 5.74) is 7.09. The molecule has 0 saturated carbocycles. The van der Waals surface area contributed by atoms with Crippen LogP contribution in [0, 0.1) is 0 Å². The molecule has 102 valence electrons. The van der Waals surface area contributed by atoms with E-state index < -0.39 is 0 Å². The Morgan fingerprint density at radius 3 is 2.50 bits per heavy atom. The summed E-state index contributed by atoms with van der Waals surface area (Å²) < 4.78 is 11.1. The molecular formula is C15H25NO2. The second kappa shape index (κ2) is 6.21. The zero-order chi connectivity index (χ0) is 13.8. The van der Waals surface area contributed by atoms with Gasteiger partial charge in [0, 0.05) is 13.2 Å². The molecular weight excluding hydrogens is 226 g/mol. The minimum absolute atomic E-state index is 0.0457. The lowest BCUT2D eigenvalue weighted by Crippen LogP contribution is -2.28. The summed E-state index contributed by atoms with van der Waals surface area (Å²) in [7, 11) is 1.71. The quantitative estimate of drug-likeness (QED) is 0.843. The molecule has 0 aliphatic carbocycles. The van der Waals surface area contributed by atoms with E-state index in [9.17, 15) is 0 Å². The summed E-state index contributed by atoms with van der Waals surface area (Å²) in [6.45, 7) is 8.12.